The molecule has 0 aliphatic carbocycles. The predicted octanol–water partition coefficient (Wildman–Crippen LogP) is 3.35. The maximum atomic E-state index is 12.8. The molecule has 0 unspecified atom stereocenters. The number of hydrogen-bond acceptors (Lipinski definition) is 6. The Kier molecular flexibility index (Phi) is 9.37. The number of benzene rings is 1. The number of rotatable bonds is 10. The zero-order valence-corrected chi connectivity index (χ0v) is 21.3. The van der Waals surface area contributed by atoms with Crippen LogP contribution < -0.4 is 20.1 Å². The molecule has 200 valence electrons. The molecule has 3 rings (SSSR count). The van der Waals surface area contributed by atoms with Gasteiger partial charge in [0.15, 0.2) is 11.5 Å². The summed E-state index contributed by atoms with van der Waals surface area (Å²) in [6, 6.07) is 7.53. The van der Waals surface area contributed by atoms with E-state index in [0.717, 1.165) is 5.56 Å². The zero-order valence-electron chi connectivity index (χ0n) is 21.3. The van der Waals surface area contributed by atoms with Gasteiger partial charge in [-0.1, -0.05) is 6.07 Å². The monoisotopic (exact) mass is 518 g/mol. The first-order chi connectivity index (χ1) is 17.6. The molecule has 2 heterocycles. The highest BCUT2D eigenvalue weighted by atomic mass is 19.3. The Balaban J connectivity index is 1.69. The van der Waals surface area contributed by atoms with Crippen LogP contribution in [-0.4, -0.2) is 66.0 Å². The lowest BCUT2D eigenvalue weighted by atomic mass is 9.96. The fourth-order valence-corrected chi connectivity index (χ4v) is 4.28. The van der Waals surface area contributed by atoms with E-state index in [4.69, 9.17) is 4.74 Å². The highest BCUT2D eigenvalue weighted by Gasteiger charge is 2.35. The molecule has 9 nitrogen and oxygen atoms in total. The topological polar surface area (TPSA) is 110 Å². The van der Waals surface area contributed by atoms with Gasteiger partial charge < -0.3 is 25.0 Å². The van der Waals surface area contributed by atoms with E-state index in [9.17, 15) is 23.2 Å². The molecule has 1 aromatic heterocycles. The number of alkyl halides is 2. The minimum atomic E-state index is -2.98. The second-order valence-electron chi connectivity index (χ2n) is 9.01. The SMILES string of the molecule is CCNC(=O)c1ccc(C(=O)NC[C@H]2C[C@@H](c3ccc(OC(F)F)c(OC(C)C)c3)CN2C(C)=O)nc1. The second kappa shape index (κ2) is 12.5. The molecule has 1 aliphatic rings. The average Bonchev–Trinajstić information content (AvgIpc) is 3.28. The number of carbonyl (C=O) groups excluding carboxylic acids is 3. The largest absolute Gasteiger partial charge is 0.487 e. The van der Waals surface area contributed by atoms with Crippen LogP contribution in [0.1, 0.15) is 66.4 Å². The smallest absolute Gasteiger partial charge is 0.387 e. The summed E-state index contributed by atoms with van der Waals surface area (Å²) in [6.07, 6.45) is 1.64. The zero-order chi connectivity index (χ0) is 27.1. The van der Waals surface area contributed by atoms with Gasteiger partial charge in [-0.3, -0.25) is 19.4 Å². The van der Waals surface area contributed by atoms with Gasteiger partial charge in [-0.15, -0.1) is 0 Å². The van der Waals surface area contributed by atoms with Crippen molar-refractivity contribution in [2.75, 3.05) is 19.6 Å². The maximum absolute atomic E-state index is 12.8. The van der Waals surface area contributed by atoms with Gasteiger partial charge in [-0.2, -0.15) is 8.78 Å². The number of halogens is 2. The minimum Gasteiger partial charge on any atom is -0.487 e. The van der Waals surface area contributed by atoms with Crippen LogP contribution in [-0.2, 0) is 4.79 Å². The molecule has 3 amide bonds. The normalized spacial score (nSPS) is 17.1. The first-order valence-electron chi connectivity index (χ1n) is 12.1. The number of likely N-dealkylation sites (tertiary alicyclic amines) is 1. The Morgan fingerprint density at radius 2 is 1.84 bits per heavy atom. The first kappa shape index (κ1) is 27.8. The van der Waals surface area contributed by atoms with Crippen LogP contribution >= 0.6 is 0 Å². The van der Waals surface area contributed by atoms with Gasteiger partial charge in [0.2, 0.25) is 5.91 Å². The van der Waals surface area contributed by atoms with Crippen molar-refractivity contribution in [2.24, 2.45) is 0 Å². The van der Waals surface area contributed by atoms with Crippen LogP contribution in [0, 0.1) is 0 Å². The summed E-state index contributed by atoms with van der Waals surface area (Å²) in [5, 5.41) is 5.48. The Morgan fingerprint density at radius 1 is 1.08 bits per heavy atom. The van der Waals surface area contributed by atoms with Crippen molar-refractivity contribution in [2.45, 2.75) is 58.8 Å². The van der Waals surface area contributed by atoms with Crippen molar-refractivity contribution >= 4 is 17.7 Å². The number of ether oxygens (including phenoxy) is 2. The predicted molar refractivity (Wildman–Crippen MR) is 132 cm³/mol. The fourth-order valence-electron chi connectivity index (χ4n) is 4.28. The Hall–Kier alpha value is -3.76. The van der Waals surface area contributed by atoms with Crippen LogP contribution in [0.2, 0.25) is 0 Å². The number of pyridine rings is 1. The number of hydrogen-bond donors (Lipinski definition) is 2. The molecular formula is C26H32F2N4O5. The van der Waals surface area contributed by atoms with Crippen molar-refractivity contribution in [3.8, 4) is 11.5 Å². The van der Waals surface area contributed by atoms with Gasteiger partial charge >= 0.3 is 6.61 Å². The van der Waals surface area contributed by atoms with Crippen molar-refractivity contribution in [3.05, 3.63) is 53.3 Å². The molecule has 37 heavy (non-hydrogen) atoms. The Labute approximate surface area is 214 Å². The maximum Gasteiger partial charge on any atom is 0.387 e. The van der Waals surface area contributed by atoms with Gasteiger partial charge in [-0.25, -0.2) is 0 Å². The summed E-state index contributed by atoms with van der Waals surface area (Å²) in [5.41, 5.74) is 1.33. The van der Waals surface area contributed by atoms with Crippen LogP contribution in [0.15, 0.2) is 36.5 Å². The minimum absolute atomic E-state index is 0.0524. The molecule has 1 aromatic carbocycles. The fraction of sp³-hybridized carbons (Fsp3) is 0.462. The molecule has 2 N–H and O–H groups in total. The third kappa shape index (κ3) is 7.37. The number of aromatic nitrogens is 1. The second-order valence-corrected chi connectivity index (χ2v) is 9.01. The lowest BCUT2D eigenvalue weighted by Gasteiger charge is -2.23. The van der Waals surface area contributed by atoms with Crippen LogP contribution in [0.5, 0.6) is 11.5 Å². The van der Waals surface area contributed by atoms with Gasteiger partial charge in [0, 0.05) is 44.7 Å². The molecule has 0 bridgehead atoms. The molecule has 1 fully saturated rings. The highest BCUT2D eigenvalue weighted by Crippen LogP contribution is 2.37. The van der Waals surface area contributed by atoms with Gasteiger partial charge in [0.05, 0.1) is 11.7 Å². The molecule has 0 radical (unpaired) electrons. The Bertz CT molecular complexity index is 1110. The van der Waals surface area contributed by atoms with Crippen LogP contribution in [0.25, 0.3) is 0 Å². The van der Waals surface area contributed by atoms with E-state index in [1.54, 1.807) is 37.8 Å². The molecule has 0 spiro atoms. The first-order valence-corrected chi connectivity index (χ1v) is 12.1. The summed E-state index contributed by atoms with van der Waals surface area (Å²) >= 11 is 0. The third-order valence-electron chi connectivity index (χ3n) is 5.93. The van der Waals surface area contributed by atoms with Crippen LogP contribution in [0.3, 0.4) is 0 Å². The van der Waals surface area contributed by atoms with Crippen molar-refractivity contribution < 1.29 is 32.6 Å². The van der Waals surface area contributed by atoms with E-state index in [0.29, 0.717) is 25.1 Å². The lowest BCUT2D eigenvalue weighted by Crippen LogP contribution is -2.42. The van der Waals surface area contributed by atoms with Crippen molar-refractivity contribution in [1.82, 2.24) is 20.5 Å². The average molecular weight is 519 g/mol. The van der Waals surface area contributed by atoms with Gasteiger partial charge in [-0.05, 0) is 57.0 Å². The standard InChI is InChI=1S/C26H32F2N4O5/c1-5-29-24(34)18-6-8-21(30-12-18)25(35)31-13-20-10-19(14-32(20)16(4)33)17-7-9-22(37-26(27)28)23(11-17)36-15(2)3/h6-9,11-12,15,19-20,26H,5,10,13-14H2,1-4H3,(H,29,34)(H,31,35)/t19-,20-/m1/s1. The molecular weight excluding hydrogens is 486 g/mol. The van der Waals surface area contributed by atoms with Crippen molar-refractivity contribution in [1.29, 1.82) is 0 Å². The van der Waals surface area contributed by atoms with E-state index in [1.165, 1.54) is 31.3 Å². The van der Waals surface area contributed by atoms with E-state index in [-0.39, 0.29) is 53.6 Å². The highest BCUT2D eigenvalue weighted by molar-refractivity contribution is 5.96. The molecule has 11 heteroatoms. The van der Waals surface area contributed by atoms with Gasteiger partial charge in [0.25, 0.3) is 11.8 Å². The van der Waals surface area contributed by atoms with E-state index < -0.39 is 12.5 Å². The molecule has 2 atom stereocenters. The Morgan fingerprint density at radius 3 is 2.43 bits per heavy atom. The third-order valence-corrected chi connectivity index (χ3v) is 5.93. The summed E-state index contributed by atoms with van der Waals surface area (Å²) in [4.78, 5) is 42.6. The molecule has 0 saturated carbocycles. The van der Waals surface area contributed by atoms with Crippen LogP contribution in [0.4, 0.5) is 8.78 Å². The number of nitrogens with zero attached hydrogens (tertiary/aromatic N) is 2. The summed E-state index contributed by atoms with van der Waals surface area (Å²) in [7, 11) is 0. The molecule has 1 saturated heterocycles. The number of amides is 3. The summed E-state index contributed by atoms with van der Waals surface area (Å²) in [6.45, 7) is 4.95. The summed E-state index contributed by atoms with van der Waals surface area (Å²) < 4.78 is 35.9. The van der Waals surface area contributed by atoms with Gasteiger partial charge in [0.1, 0.15) is 5.69 Å². The number of carbonyl (C=O) groups is 3. The molecule has 2 aromatic rings. The van der Waals surface area contributed by atoms with E-state index in [1.807, 2.05) is 0 Å². The van der Waals surface area contributed by atoms with Crippen molar-refractivity contribution in [3.63, 3.8) is 0 Å². The lowest BCUT2D eigenvalue weighted by molar-refractivity contribution is -0.129. The number of nitrogens with one attached hydrogen (secondary N) is 2. The van der Waals surface area contributed by atoms with E-state index in [2.05, 4.69) is 20.4 Å². The van der Waals surface area contributed by atoms with E-state index >= 15 is 0 Å². The molecule has 1 aliphatic heterocycles. The summed E-state index contributed by atoms with van der Waals surface area (Å²) in [5.74, 6) is -0.760. The quantitative estimate of drug-likeness (QED) is 0.499.